The van der Waals surface area contributed by atoms with Gasteiger partial charge in [-0.25, -0.2) is 0 Å². The fourth-order valence-corrected chi connectivity index (χ4v) is 1.66. The summed E-state index contributed by atoms with van der Waals surface area (Å²) < 4.78 is 16.1. The van der Waals surface area contributed by atoms with Gasteiger partial charge in [0.1, 0.15) is 12.7 Å². The molecule has 0 fully saturated rings. The van der Waals surface area contributed by atoms with Crippen molar-refractivity contribution in [3.63, 3.8) is 0 Å². The van der Waals surface area contributed by atoms with Crippen LogP contribution in [0.3, 0.4) is 0 Å². The van der Waals surface area contributed by atoms with Gasteiger partial charge < -0.3 is 25.1 Å². The van der Waals surface area contributed by atoms with Crippen molar-refractivity contribution in [2.45, 2.75) is 32.4 Å². The summed E-state index contributed by atoms with van der Waals surface area (Å²) in [6.45, 7) is 3.67. The van der Waals surface area contributed by atoms with Crippen molar-refractivity contribution in [2.75, 3.05) is 26.9 Å². The van der Waals surface area contributed by atoms with Crippen molar-refractivity contribution in [1.82, 2.24) is 0 Å². The molecule has 20 heavy (non-hydrogen) atoms. The Kier molecular flexibility index (Phi) is 8.02. The molecule has 0 spiro atoms. The van der Waals surface area contributed by atoms with Crippen LogP contribution in [0.4, 0.5) is 0 Å². The van der Waals surface area contributed by atoms with Gasteiger partial charge in [0.15, 0.2) is 11.5 Å². The SMILES string of the molecule is CCCCOCC(O)COc1ccc(CN)cc1OC. The smallest absolute Gasteiger partial charge is 0.161 e. The quantitative estimate of drug-likeness (QED) is 0.639. The third-order valence-electron chi connectivity index (χ3n) is 2.85. The lowest BCUT2D eigenvalue weighted by atomic mass is 10.2. The molecule has 0 saturated heterocycles. The van der Waals surface area contributed by atoms with Gasteiger partial charge in [-0.05, 0) is 24.1 Å². The number of aliphatic hydroxyl groups excluding tert-OH is 1. The van der Waals surface area contributed by atoms with Crippen LogP contribution >= 0.6 is 0 Å². The van der Waals surface area contributed by atoms with Gasteiger partial charge in [-0.15, -0.1) is 0 Å². The Labute approximate surface area is 120 Å². The van der Waals surface area contributed by atoms with Crippen LogP contribution in [0.15, 0.2) is 18.2 Å². The monoisotopic (exact) mass is 283 g/mol. The molecule has 1 aromatic carbocycles. The highest BCUT2D eigenvalue weighted by atomic mass is 16.5. The van der Waals surface area contributed by atoms with E-state index in [9.17, 15) is 5.11 Å². The summed E-state index contributed by atoms with van der Waals surface area (Å²) in [7, 11) is 1.58. The van der Waals surface area contributed by atoms with Crippen LogP contribution in [0.2, 0.25) is 0 Å². The minimum atomic E-state index is -0.647. The third-order valence-corrected chi connectivity index (χ3v) is 2.85. The first-order chi connectivity index (χ1) is 9.71. The van der Waals surface area contributed by atoms with Crippen LogP contribution in [-0.2, 0) is 11.3 Å². The standard InChI is InChI=1S/C15H25NO4/c1-3-4-7-19-10-13(17)11-20-14-6-5-12(9-16)8-15(14)18-2/h5-6,8,13,17H,3-4,7,9-11,16H2,1-2H3. The first kappa shape index (κ1) is 16.8. The first-order valence-electron chi connectivity index (χ1n) is 6.96. The molecular formula is C15H25NO4. The number of benzene rings is 1. The average molecular weight is 283 g/mol. The number of rotatable bonds is 10. The Morgan fingerprint density at radius 1 is 1.25 bits per heavy atom. The summed E-state index contributed by atoms with van der Waals surface area (Å²) in [6.07, 6.45) is 1.44. The van der Waals surface area contributed by atoms with Gasteiger partial charge in [-0.3, -0.25) is 0 Å². The Morgan fingerprint density at radius 2 is 2.05 bits per heavy atom. The van der Waals surface area contributed by atoms with Gasteiger partial charge >= 0.3 is 0 Å². The summed E-state index contributed by atoms with van der Waals surface area (Å²) in [5.41, 5.74) is 6.54. The maximum Gasteiger partial charge on any atom is 0.161 e. The summed E-state index contributed by atoms with van der Waals surface area (Å²) in [6, 6.07) is 5.51. The molecular weight excluding hydrogens is 258 g/mol. The van der Waals surface area contributed by atoms with E-state index in [1.165, 1.54) is 0 Å². The third kappa shape index (κ3) is 5.77. The minimum absolute atomic E-state index is 0.171. The fraction of sp³-hybridized carbons (Fsp3) is 0.600. The lowest BCUT2D eigenvalue weighted by Crippen LogP contribution is -2.23. The van der Waals surface area contributed by atoms with E-state index in [4.69, 9.17) is 19.9 Å². The highest BCUT2D eigenvalue weighted by molar-refractivity contribution is 5.42. The van der Waals surface area contributed by atoms with Crippen molar-refractivity contribution in [3.05, 3.63) is 23.8 Å². The Morgan fingerprint density at radius 3 is 2.70 bits per heavy atom. The lowest BCUT2D eigenvalue weighted by molar-refractivity contribution is 0.0109. The van der Waals surface area contributed by atoms with E-state index in [-0.39, 0.29) is 13.2 Å². The van der Waals surface area contributed by atoms with Gasteiger partial charge in [0.25, 0.3) is 0 Å². The molecule has 114 valence electrons. The van der Waals surface area contributed by atoms with E-state index in [1.807, 2.05) is 12.1 Å². The molecule has 1 unspecified atom stereocenters. The van der Waals surface area contributed by atoms with Gasteiger partial charge in [0.05, 0.1) is 13.7 Å². The van der Waals surface area contributed by atoms with Crippen LogP contribution in [0.5, 0.6) is 11.5 Å². The Hall–Kier alpha value is -1.30. The number of ether oxygens (including phenoxy) is 3. The first-order valence-corrected chi connectivity index (χ1v) is 6.96. The molecule has 0 heterocycles. The maximum absolute atomic E-state index is 9.76. The molecule has 3 N–H and O–H groups in total. The summed E-state index contributed by atoms with van der Waals surface area (Å²) in [5, 5.41) is 9.76. The Bertz CT molecular complexity index is 384. The highest BCUT2D eigenvalue weighted by Crippen LogP contribution is 2.28. The van der Waals surface area contributed by atoms with Gasteiger partial charge in [0.2, 0.25) is 0 Å². The largest absolute Gasteiger partial charge is 0.493 e. The van der Waals surface area contributed by atoms with Crippen molar-refractivity contribution in [1.29, 1.82) is 0 Å². The fourth-order valence-electron chi connectivity index (χ4n) is 1.66. The van der Waals surface area contributed by atoms with Crippen molar-refractivity contribution in [3.8, 4) is 11.5 Å². The number of unbranched alkanes of at least 4 members (excludes halogenated alkanes) is 1. The van der Waals surface area contributed by atoms with E-state index in [0.717, 1.165) is 18.4 Å². The molecule has 0 aliphatic carbocycles. The number of hydrogen-bond donors (Lipinski definition) is 2. The molecule has 0 saturated carbocycles. The normalized spacial score (nSPS) is 12.2. The molecule has 0 aromatic heterocycles. The molecule has 5 heteroatoms. The number of methoxy groups -OCH3 is 1. The molecule has 1 aromatic rings. The molecule has 1 rings (SSSR count). The van der Waals surface area contributed by atoms with Crippen molar-refractivity contribution >= 4 is 0 Å². The van der Waals surface area contributed by atoms with Gasteiger partial charge in [0, 0.05) is 13.2 Å². The predicted molar refractivity (Wildman–Crippen MR) is 78.1 cm³/mol. The second kappa shape index (κ2) is 9.58. The zero-order valence-corrected chi connectivity index (χ0v) is 12.3. The van der Waals surface area contributed by atoms with Crippen molar-refractivity contribution < 1.29 is 19.3 Å². The van der Waals surface area contributed by atoms with Crippen molar-refractivity contribution in [2.24, 2.45) is 5.73 Å². The molecule has 0 radical (unpaired) electrons. The van der Waals surface area contributed by atoms with Crippen LogP contribution in [0.1, 0.15) is 25.3 Å². The molecule has 5 nitrogen and oxygen atoms in total. The molecule has 0 amide bonds. The summed E-state index contributed by atoms with van der Waals surface area (Å²) >= 11 is 0. The van der Waals surface area contributed by atoms with E-state index in [2.05, 4.69) is 6.92 Å². The summed E-state index contributed by atoms with van der Waals surface area (Å²) in [5.74, 6) is 1.21. The second-order valence-corrected chi connectivity index (χ2v) is 4.58. The molecule has 0 aliphatic heterocycles. The topological polar surface area (TPSA) is 73.9 Å². The average Bonchev–Trinajstić information content (AvgIpc) is 2.49. The lowest BCUT2D eigenvalue weighted by Gasteiger charge is -2.15. The van der Waals surface area contributed by atoms with Gasteiger partial charge in [-0.1, -0.05) is 19.4 Å². The van der Waals surface area contributed by atoms with E-state index < -0.39 is 6.10 Å². The highest BCUT2D eigenvalue weighted by Gasteiger charge is 2.09. The molecule has 0 bridgehead atoms. The number of aliphatic hydroxyl groups is 1. The van der Waals surface area contributed by atoms with Crippen LogP contribution < -0.4 is 15.2 Å². The van der Waals surface area contributed by atoms with Crippen LogP contribution in [-0.4, -0.2) is 38.1 Å². The molecule has 1 atom stereocenters. The zero-order valence-electron chi connectivity index (χ0n) is 12.3. The van der Waals surface area contributed by atoms with Crippen LogP contribution in [0, 0.1) is 0 Å². The molecule has 0 aliphatic rings. The number of nitrogens with two attached hydrogens (primary N) is 1. The van der Waals surface area contributed by atoms with Gasteiger partial charge in [-0.2, -0.15) is 0 Å². The zero-order chi connectivity index (χ0) is 14.8. The van der Waals surface area contributed by atoms with E-state index >= 15 is 0 Å². The van der Waals surface area contributed by atoms with Crippen LogP contribution in [0.25, 0.3) is 0 Å². The Balaban J connectivity index is 2.40. The van der Waals surface area contributed by atoms with E-state index in [0.29, 0.717) is 24.7 Å². The number of hydrogen-bond acceptors (Lipinski definition) is 5. The summed E-state index contributed by atoms with van der Waals surface area (Å²) in [4.78, 5) is 0. The predicted octanol–water partition coefficient (Wildman–Crippen LogP) is 1.71. The second-order valence-electron chi connectivity index (χ2n) is 4.58. The minimum Gasteiger partial charge on any atom is -0.493 e. The maximum atomic E-state index is 9.76. The van der Waals surface area contributed by atoms with E-state index in [1.54, 1.807) is 13.2 Å².